The normalized spacial score (nSPS) is 18.9. The lowest BCUT2D eigenvalue weighted by Crippen LogP contribution is -2.34. The van der Waals surface area contributed by atoms with Gasteiger partial charge in [-0.25, -0.2) is 0 Å². The standard InChI is InChI=1S/C15H23N3O2.ClH/c1-17(14-3-2-10-16-11-8-14)12-9-13-4-6-15(7-5-13)18(19)20;/h4-7,14,16H,2-3,8-12H2,1H3;1H. The summed E-state index contributed by atoms with van der Waals surface area (Å²) >= 11 is 0. The molecule has 1 aliphatic heterocycles. The summed E-state index contributed by atoms with van der Waals surface area (Å²) in [6, 6.07) is 7.56. The Hall–Kier alpha value is -1.17. The number of halogens is 1. The lowest BCUT2D eigenvalue weighted by atomic mass is 10.1. The van der Waals surface area contributed by atoms with E-state index in [2.05, 4.69) is 17.3 Å². The van der Waals surface area contributed by atoms with Gasteiger partial charge in [-0.1, -0.05) is 12.1 Å². The first kappa shape index (κ1) is 17.9. The molecule has 1 atom stereocenters. The minimum Gasteiger partial charge on any atom is -0.317 e. The van der Waals surface area contributed by atoms with Crippen LogP contribution in [-0.4, -0.2) is 42.5 Å². The topological polar surface area (TPSA) is 58.4 Å². The molecule has 1 aromatic carbocycles. The van der Waals surface area contributed by atoms with Crippen LogP contribution >= 0.6 is 12.4 Å². The van der Waals surface area contributed by atoms with Crippen molar-refractivity contribution in [1.29, 1.82) is 0 Å². The lowest BCUT2D eigenvalue weighted by molar-refractivity contribution is -0.384. The van der Waals surface area contributed by atoms with Crippen LogP contribution in [-0.2, 0) is 6.42 Å². The van der Waals surface area contributed by atoms with Crippen molar-refractivity contribution in [2.45, 2.75) is 31.7 Å². The van der Waals surface area contributed by atoms with Crippen LogP contribution < -0.4 is 5.32 Å². The molecule has 1 heterocycles. The number of hydrogen-bond donors (Lipinski definition) is 1. The van der Waals surface area contributed by atoms with Gasteiger partial charge in [0.25, 0.3) is 5.69 Å². The monoisotopic (exact) mass is 313 g/mol. The van der Waals surface area contributed by atoms with Crippen LogP contribution in [0, 0.1) is 10.1 Å². The van der Waals surface area contributed by atoms with E-state index in [-0.39, 0.29) is 23.0 Å². The molecule has 1 saturated heterocycles. The average Bonchev–Trinajstić information content (AvgIpc) is 2.74. The molecule has 6 heteroatoms. The first-order valence-corrected chi connectivity index (χ1v) is 7.31. The molecule has 2 rings (SSSR count). The van der Waals surface area contributed by atoms with Crippen molar-refractivity contribution in [3.05, 3.63) is 39.9 Å². The van der Waals surface area contributed by atoms with Gasteiger partial charge in [-0.2, -0.15) is 0 Å². The van der Waals surface area contributed by atoms with Crippen molar-refractivity contribution in [3.8, 4) is 0 Å². The number of rotatable bonds is 5. The second kappa shape index (κ2) is 8.97. The summed E-state index contributed by atoms with van der Waals surface area (Å²) in [4.78, 5) is 12.7. The fourth-order valence-corrected chi connectivity index (χ4v) is 2.71. The van der Waals surface area contributed by atoms with E-state index >= 15 is 0 Å². The average molecular weight is 314 g/mol. The Kier molecular flexibility index (Phi) is 7.64. The van der Waals surface area contributed by atoms with Gasteiger partial charge in [0, 0.05) is 24.7 Å². The fraction of sp³-hybridized carbons (Fsp3) is 0.600. The molecule has 0 bridgehead atoms. The highest BCUT2D eigenvalue weighted by Crippen LogP contribution is 2.15. The van der Waals surface area contributed by atoms with Crippen LogP contribution in [0.1, 0.15) is 24.8 Å². The summed E-state index contributed by atoms with van der Waals surface area (Å²) in [5, 5.41) is 14.0. The lowest BCUT2D eigenvalue weighted by Gasteiger charge is -2.26. The quantitative estimate of drug-likeness (QED) is 0.670. The first-order chi connectivity index (χ1) is 9.66. The third-order valence-electron chi connectivity index (χ3n) is 4.07. The Balaban J connectivity index is 0.00000220. The van der Waals surface area contributed by atoms with Gasteiger partial charge >= 0.3 is 0 Å². The predicted octanol–water partition coefficient (Wildman–Crippen LogP) is 2.63. The molecule has 0 radical (unpaired) electrons. The van der Waals surface area contributed by atoms with Crippen LogP contribution in [0.3, 0.4) is 0 Å². The van der Waals surface area contributed by atoms with E-state index in [4.69, 9.17) is 0 Å². The number of benzene rings is 1. The maximum absolute atomic E-state index is 10.6. The van der Waals surface area contributed by atoms with E-state index in [9.17, 15) is 10.1 Å². The number of nitro benzene ring substituents is 1. The molecule has 1 fully saturated rings. The van der Waals surface area contributed by atoms with Gasteiger partial charge in [-0.3, -0.25) is 10.1 Å². The SMILES string of the molecule is CN(CCc1ccc([N+](=O)[O-])cc1)C1CCCNCC1.Cl. The summed E-state index contributed by atoms with van der Waals surface area (Å²) in [5.41, 5.74) is 1.33. The zero-order valence-corrected chi connectivity index (χ0v) is 13.3. The van der Waals surface area contributed by atoms with E-state index in [1.165, 1.54) is 19.3 Å². The summed E-state index contributed by atoms with van der Waals surface area (Å²) < 4.78 is 0. The van der Waals surface area contributed by atoms with Gasteiger partial charge in [-0.05, 0) is 51.4 Å². The van der Waals surface area contributed by atoms with Crippen LogP contribution in [0.5, 0.6) is 0 Å². The van der Waals surface area contributed by atoms with E-state index < -0.39 is 0 Å². The van der Waals surface area contributed by atoms with Crippen LogP contribution in [0.15, 0.2) is 24.3 Å². The van der Waals surface area contributed by atoms with Crippen LogP contribution in [0.25, 0.3) is 0 Å². The fourth-order valence-electron chi connectivity index (χ4n) is 2.71. The Morgan fingerprint density at radius 2 is 2.00 bits per heavy atom. The number of nitrogens with zero attached hydrogens (tertiary/aromatic N) is 2. The molecule has 1 unspecified atom stereocenters. The summed E-state index contributed by atoms with van der Waals surface area (Å²) in [5.74, 6) is 0. The second-order valence-corrected chi connectivity index (χ2v) is 5.49. The van der Waals surface area contributed by atoms with Crippen molar-refractivity contribution < 1.29 is 4.92 Å². The molecule has 0 aliphatic carbocycles. The van der Waals surface area contributed by atoms with E-state index in [1.54, 1.807) is 12.1 Å². The summed E-state index contributed by atoms with van der Waals surface area (Å²) in [7, 11) is 2.18. The zero-order chi connectivity index (χ0) is 14.4. The van der Waals surface area contributed by atoms with E-state index in [1.807, 2.05) is 12.1 Å². The van der Waals surface area contributed by atoms with Gasteiger partial charge in [0.05, 0.1) is 4.92 Å². The highest BCUT2D eigenvalue weighted by Gasteiger charge is 2.16. The highest BCUT2D eigenvalue weighted by molar-refractivity contribution is 5.85. The van der Waals surface area contributed by atoms with Gasteiger partial charge in [0.1, 0.15) is 0 Å². The predicted molar refractivity (Wildman–Crippen MR) is 87.2 cm³/mol. The molecule has 5 nitrogen and oxygen atoms in total. The highest BCUT2D eigenvalue weighted by atomic mass is 35.5. The van der Waals surface area contributed by atoms with Gasteiger partial charge in [-0.15, -0.1) is 12.4 Å². The third kappa shape index (κ3) is 5.61. The molecule has 1 N–H and O–H groups in total. The largest absolute Gasteiger partial charge is 0.317 e. The Labute approximate surface area is 132 Å². The van der Waals surface area contributed by atoms with Crippen molar-refractivity contribution in [1.82, 2.24) is 10.2 Å². The molecule has 118 valence electrons. The van der Waals surface area contributed by atoms with E-state index in [0.717, 1.165) is 31.6 Å². The molecule has 0 amide bonds. The van der Waals surface area contributed by atoms with Crippen molar-refractivity contribution >= 4 is 18.1 Å². The van der Waals surface area contributed by atoms with Crippen LogP contribution in [0.4, 0.5) is 5.69 Å². The van der Waals surface area contributed by atoms with Crippen LogP contribution in [0.2, 0.25) is 0 Å². The smallest absolute Gasteiger partial charge is 0.269 e. The van der Waals surface area contributed by atoms with Crippen molar-refractivity contribution in [2.75, 3.05) is 26.7 Å². The molecule has 21 heavy (non-hydrogen) atoms. The molecule has 0 saturated carbocycles. The second-order valence-electron chi connectivity index (χ2n) is 5.49. The summed E-state index contributed by atoms with van der Waals surface area (Å²) in [6.45, 7) is 3.24. The number of nitrogens with one attached hydrogen (secondary N) is 1. The van der Waals surface area contributed by atoms with Crippen molar-refractivity contribution in [3.63, 3.8) is 0 Å². The molecular formula is C15H24ClN3O2. The minimum absolute atomic E-state index is 0. The molecular weight excluding hydrogens is 290 g/mol. The van der Waals surface area contributed by atoms with Gasteiger partial charge < -0.3 is 10.2 Å². The van der Waals surface area contributed by atoms with Gasteiger partial charge in [0.15, 0.2) is 0 Å². The molecule has 1 aliphatic rings. The number of likely N-dealkylation sites (N-methyl/N-ethyl adjacent to an activating group) is 1. The summed E-state index contributed by atoms with van der Waals surface area (Å²) in [6.07, 6.45) is 4.64. The maximum atomic E-state index is 10.6. The Morgan fingerprint density at radius 3 is 2.67 bits per heavy atom. The first-order valence-electron chi connectivity index (χ1n) is 7.31. The molecule has 1 aromatic rings. The minimum atomic E-state index is -0.353. The van der Waals surface area contributed by atoms with Crippen molar-refractivity contribution in [2.24, 2.45) is 0 Å². The Morgan fingerprint density at radius 1 is 1.29 bits per heavy atom. The van der Waals surface area contributed by atoms with E-state index in [0.29, 0.717) is 6.04 Å². The number of hydrogen-bond acceptors (Lipinski definition) is 4. The molecule has 0 spiro atoms. The third-order valence-corrected chi connectivity index (χ3v) is 4.07. The number of nitro groups is 1. The van der Waals surface area contributed by atoms with Gasteiger partial charge in [0.2, 0.25) is 0 Å². The molecule has 0 aromatic heterocycles. The number of non-ortho nitro benzene ring substituents is 1. The zero-order valence-electron chi connectivity index (χ0n) is 12.5. The maximum Gasteiger partial charge on any atom is 0.269 e. The Bertz CT molecular complexity index is 431.